The van der Waals surface area contributed by atoms with E-state index in [0.717, 1.165) is 64.6 Å². The van der Waals surface area contributed by atoms with Gasteiger partial charge in [0.15, 0.2) is 0 Å². The number of hydrogen-bond donors (Lipinski definition) is 0. The molecule has 2 unspecified atom stereocenters. The monoisotopic (exact) mass is 278 g/mol. The van der Waals surface area contributed by atoms with Gasteiger partial charge in [0.2, 0.25) is 5.91 Å². The van der Waals surface area contributed by atoms with Crippen LogP contribution in [0.1, 0.15) is 51.4 Å². The summed E-state index contributed by atoms with van der Waals surface area (Å²) >= 11 is 0. The van der Waals surface area contributed by atoms with Crippen LogP contribution in [-0.2, 0) is 9.59 Å². The third-order valence-corrected chi connectivity index (χ3v) is 5.28. The molecule has 2 atom stereocenters. The van der Waals surface area contributed by atoms with Crippen LogP contribution in [0.3, 0.4) is 0 Å². The van der Waals surface area contributed by atoms with Crippen molar-refractivity contribution in [3.8, 4) is 0 Å². The molecule has 0 bridgehead atoms. The highest BCUT2D eigenvalue weighted by Crippen LogP contribution is 2.33. The van der Waals surface area contributed by atoms with Gasteiger partial charge in [0.1, 0.15) is 5.78 Å². The highest BCUT2D eigenvalue weighted by molar-refractivity contribution is 5.84. The Morgan fingerprint density at radius 3 is 2.50 bits per heavy atom. The molecule has 2 saturated heterocycles. The number of hydrogen-bond acceptors (Lipinski definition) is 3. The average molecular weight is 278 g/mol. The van der Waals surface area contributed by atoms with Gasteiger partial charge in [-0.2, -0.15) is 0 Å². The third-order valence-electron chi connectivity index (χ3n) is 5.28. The molecule has 3 aliphatic rings. The van der Waals surface area contributed by atoms with E-state index >= 15 is 0 Å². The molecule has 112 valence electrons. The van der Waals surface area contributed by atoms with Crippen LogP contribution in [0.2, 0.25) is 0 Å². The van der Waals surface area contributed by atoms with Crippen LogP contribution in [0.4, 0.5) is 0 Å². The number of carbonyl (C=O) groups is 2. The number of likely N-dealkylation sites (tertiary alicyclic amines) is 2. The summed E-state index contributed by atoms with van der Waals surface area (Å²) < 4.78 is 0. The second kappa shape index (κ2) is 6.25. The molecule has 3 fully saturated rings. The second-order valence-electron chi connectivity index (χ2n) is 6.59. The van der Waals surface area contributed by atoms with Gasteiger partial charge in [-0.1, -0.05) is 0 Å². The molecule has 0 spiro atoms. The van der Waals surface area contributed by atoms with Crippen molar-refractivity contribution in [3.63, 3.8) is 0 Å². The van der Waals surface area contributed by atoms with Gasteiger partial charge >= 0.3 is 0 Å². The summed E-state index contributed by atoms with van der Waals surface area (Å²) in [7, 11) is 0. The number of Topliss-reactive ketones (excluding diaryl/α,β-unsaturated/α-hetero) is 1. The van der Waals surface area contributed by atoms with E-state index < -0.39 is 0 Å². The zero-order valence-electron chi connectivity index (χ0n) is 12.4. The first-order valence-corrected chi connectivity index (χ1v) is 8.30. The first kappa shape index (κ1) is 14.1. The fraction of sp³-hybridized carbons (Fsp3) is 0.875. The van der Waals surface area contributed by atoms with Gasteiger partial charge in [-0.05, 0) is 51.5 Å². The molecule has 2 aliphatic heterocycles. The molecule has 0 radical (unpaired) electrons. The molecule has 4 heteroatoms. The highest BCUT2D eigenvalue weighted by Gasteiger charge is 2.38. The largest absolute Gasteiger partial charge is 0.342 e. The average Bonchev–Trinajstić information content (AvgIpc) is 3.08. The van der Waals surface area contributed by atoms with Crippen LogP contribution in [0, 0.1) is 5.92 Å². The maximum atomic E-state index is 12.4. The fourth-order valence-corrected chi connectivity index (χ4v) is 4.17. The lowest BCUT2D eigenvalue weighted by Gasteiger charge is -2.32. The normalized spacial score (nSPS) is 32.0. The maximum Gasteiger partial charge on any atom is 0.236 e. The summed E-state index contributed by atoms with van der Waals surface area (Å²) in [6.07, 6.45) is 8.64. The quantitative estimate of drug-likeness (QED) is 0.791. The number of ketones is 1. The Morgan fingerprint density at radius 2 is 1.80 bits per heavy atom. The van der Waals surface area contributed by atoms with Crippen molar-refractivity contribution in [2.45, 2.75) is 57.4 Å². The van der Waals surface area contributed by atoms with Gasteiger partial charge in [-0.25, -0.2) is 0 Å². The van der Waals surface area contributed by atoms with Crippen LogP contribution in [-0.4, -0.2) is 53.7 Å². The van der Waals surface area contributed by atoms with Gasteiger partial charge in [0.25, 0.3) is 0 Å². The second-order valence-corrected chi connectivity index (χ2v) is 6.59. The predicted octanol–water partition coefficient (Wildman–Crippen LogP) is 1.83. The van der Waals surface area contributed by atoms with Gasteiger partial charge in [0.05, 0.1) is 6.54 Å². The van der Waals surface area contributed by atoms with E-state index in [1.165, 1.54) is 6.42 Å². The number of rotatable bonds is 3. The Kier molecular flexibility index (Phi) is 4.39. The van der Waals surface area contributed by atoms with E-state index in [1.807, 2.05) is 4.90 Å². The Morgan fingerprint density at radius 1 is 1.00 bits per heavy atom. The number of nitrogens with zero attached hydrogens (tertiary/aromatic N) is 2. The van der Waals surface area contributed by atoms with Crippen LogP contribution in [0.5, 0.6) is 0 Å². The molecule has 20 heavy (non-hydrogen) atoms. The van der Waals surface area contributed by atoms with Crippen molar-refractivity contribution in [2.75, 3.05) is 26.2 Å². The van der Waals surface area contributed by atoms with E-state index in [1.54, 1.807) is 0 Å². The molecule has 3 rings (SSSR count). The van der Waals surface area contributed by atoms with Gasteiger partial charge in [-0.3, -0.25) is 14.5 Å². The SMILES string of the molecule is O=C1CCCC1C1CCCN1CC(=O)N1CCCCC1. The number of amides is 1. The third kappa shape index (κ3) is 2.90. The molecule has 1 amide bonds. The molecule has 0 aromatic rings. The number of carbonyl (C=O) groups excluding carboxylic acids is 2. The van der Waals surface area contributed by atoms with Crippen molar-refractivity contribution < 1.29 is 9.59 Å². The molecular formula is C16H26N2O2. The summed E-state index contributed by atoms with van der Waals surface area (Å²) in [6, 6.07) is 0.346. The highest BCUT2D eigenvalue weighted by atomic mass is 16.2. The first-order chi connectivity index (χ1) is 9.75. The molecular weight excluding hydrogens is 252 g/mol. The summed E-state index contributed by atoms with van der Waals surface area (Å²) in [4.78, 5) is 28.7. The van der Waals surface area contributed by atoms with Gasteiger partial charge in [-0.15, -0.1) is 0 Å². The summed E-state index contributed by atoms with van der Waals surface area (Å²) in [6.45, 7) is 3.39. The molecule has 0 aromatic carbocycles. The lowest BCUT2D eigenvalue weighted by atomic mass is 9.95. The zero-order chi connectivity index (χ0) is 13.9. The van der Waals surface area contributed by atoms with Gasteiger partial charge < -0.3 is 4.90 Å². The fourth-order valence-electron chi connectivity index (χ4n) is 4.17. The Hall–Kier alpha value is -0.900. The topological polar surface area (TPSA) is 40.6 Å². The van der Waals surface area contributed by atoms with E-state index in [0.29, 0.717) is 18.4 Å². The zero-order valence-corrected chi connectivity index (χ0v) is 12.4. The minimum atomic E-state index is 0.214. The van der Waals surface area contributed by atoms with E-state index in [2.05, 4.69) is 4.90 Å². The molecule has 0 N–H and O–H groups in total. The van der Waals surface area contributed by atoms with Crippen LogP contribution in [0.15, 0.2) is 0 Å². The summed E-state index contributed by atoms with van der Waals surface area (Å²) in [5, 5.41) is 0. The van der Waals surface area contributed by atoms with E-state index in [-0.39, 0.29) is 11.8 Å². The van der Waals surface area contributed by atoms with Crippen molar-refractivity contribution in [3.05, 3.63) is 0 Å². The van der Waals surface area contributed by atoms with Crippen LogP contribution >= 0.6 is 0 Å². The van der Waals surface area contributed by atoms with Gasteiger partial charge in [0, 0.05) is 31.5 Å². The Balaban J connectivity index is 1.58. The molecule has 0 aromatic heterocycles. The summed E-state index contributed by atoms with van der Waals surface area (Å²) in [5.74, 6) is 0.932. The van der Waals surface area contributed by atoms with Crippen molar-refractivity contribution in [2.24, 2.45) is 5.92 Å². The Labute approximate surface area is 121 Å². The smallest absolute Gasteiger partial charge is 0.236 e. The molecule has 1 saturated carbocycles. The van der Waals surface area contributed by atoms with Crippen LogP contribution in [0.25, 0.3) is 0 Å². The molecule has 2 heterocycles. The molecule has 4 nitrogen and oxygen atoms in total. The maximum absolute atomic E-state index is 12.4. The lowest BCUT2D eigenvalue weighted by Crippen LogP contribution is -2.46. The van der Waals surface area contributed by atoms with Crippen molar-refractivity contribution >= 4 is 11.7 Å². The minimum Gasteiger partial charge on any atom is -0.342 e. The lowest BCUT2D eigenvalue weighted by molar-refractivity contribution is -0.134. The minimum absolute atomic E-state index is 0.214. The van der Waals surface area contributed by atoms with E-state index in [4.69, 9.17) is 0 Å². The first-order valence-electron chi connectivity index (χ1n) is 8.30. The Bertz CT molecular complexity index is 377. The summed E-state index contributed by atoms with van der Waals surface area (Å²) in [5.41, 5.74) is 0. The number of piperidine rings is 1. The van der Waals surface area contributed by atoms with Crippen molar-refractivity contribution in [1.82, 2.24) is 9.80 Å². The standard InChI is InChI=1S/C16H26N2O2/c19-15-8-4-6-13(15)14-7-5-11-18(14)12-16(20)17-9-2-1-3-10-17/h13-14H,1-12H2. The molecule has 1 aliphatic carbocycles. The van der Waals surface area contributed by atoms with Crippen LogP contribution < -0.4 is 0 Å². The van der Waals surface area contributed by atoms with Crippen molar-refractivity contribution in [1.29, 1.82) is 0 Å². The predicted molar refractivity (Wildman–Crippen MR) is 77.4 cm³/mol. The van der Waals surface area contributed by atoms with E-state index in [9.17, 15) is 9.59 Å².